The molecule has 0 aromatic heterocycles. The molecular formula is C57H100O6. The molecule has 0 aromatic rings. The summed E-state index contributed by atoms with van der Waals surface area (Å²) in [6.07, 6.45) is 63.5. The van der Waals surface area contributed by atoms with E-state index >= 15 is 0 Å². The molecule has 0 radical (unpaired) electrons. The highest BCUT2D eigenvalue weighted by molar-refractivity contribution is 5.71. The molecule has 6 heteroatoms. The third-order valence-corrected chi connectivity index (χ3v) is 11.5. The van der Waals surface area contributed by atoms with Gasteiger partial charge in [-0.3, -0.25) is 14.4 Å². The number of carbonyl (C=O) groups is 3. The number of hydrogen-bond acceptors (Lipinski definition) is 6. The van der Waals surface area contributed by atoms with E-state index in [0.717, 1.165) is 109 Å². The Labute approximate surface area is 390 Å². The number of allylic oxidation sites excluding steroid dienone is 10. The third-order valence-electron chi connectivity index (χ3n) is 11.5. The Morgan fingerprint density at radius 1 is 0.333 bits per heavy atom. The maximum absolute atomic E-state index is 12.8. The molecule has 0 bridgehead atoms. The van der Waals surface area contributed by atoms with Gasteiger partial charge in [0, 0.05) is 19.3 Å². The molecule has 0 aliphatic carbocycles. The zero-order valence-electron chi connectivity index (χ0n) is 41.6. The summed E-state index contributed by atoms with van der Waals surface area (Å²) >= 11 is 0. The van der Waals surface area contributed by atoms with Crippen LogP contribution >= 0.6 is 0 Å². The monoisotopic (exact) mass is 881 g/mol. The highest BCUT2D eigenvalue weighted by atomic mass is 16.6. The number of esters is 3. The molecule has 0 saturated heterocycles. The van der Waals surface area contributed by atoms with Crippen LogP contribution in [0.3, 0.4) is 0 Å². The van der Waals surface area contributed by atoms with Crippen molar-refractivity contribution in [3.05, 3.63) is 60.8 Å². The second-order valence-electron chi connectivity index (χ2n) is 17.8. The first kappa shape index (κ1) is 60.1. The normalized spacial score (nSPS) is 12.5. The van der Waals surface area contributed by atoms with E-state index < -0.39 is 6.10 Å². The van der Waals surface area contributed by atoms with Crippen LogP contribution in [0.25, 0.3) is 0 Å². The Kier molecular flexibility index (Phi) is 49.4. The molecule has 0 saturated carbocycles. The molecule has 0 N–H and O–H groups in total. The quantitative estimate of drug-likeness (QED) is 0.0262. The van der Waals surface area contributed by atoms with Crippen molar-refractivity contribution in [3.63, 3.8) is 0 Å². The summed E-state index contributed by atoms with van der Waals surface area (Å²) in [4.78, 5) is 38.0. The zero-order valence-corrected chi connectivity index (χ0v) is 41.6. The zero-order chi connectivity index (χ0) is 45.8. The standard InChI is InChI=1S/C57H100O6/c1-4-7-10-13-16-19-22-24-26-27-28-29-30-31-32-34-35-38-41-44-47-50-56(59)62-53-54(52-61-55(58)49-46-43-40-37-21-18-15-12-9-6-3)63-57(60)51-48-45-42-39-36-33-25-23-20-17-14-11-8-5-2/h7,10,16,19,24,26,28-29,31-32,54H,4-6,8-9,11-15,17-18,20-23,25,27,30,33-53H2,1-3H3/b10-7-,19-16-,26-24-,29-28-,32-31-. The summed E-state index contributed by atoms with van der Waals surface area (Å²) in [7, 11) is 0. The van der Waals surface area contributed by atoms with Gasteiger partial charge >= 0.3 is 17.9 Å². The first-order valence-electron chi connectivity index (χ1n) is 26.8. The largest absolute Gasteiger partial charge is 0.462 e. The summed E-state index contributed by atoms with van der Waals surface area (Å²) in [5.41, 5.74) is 0. The lowest BCUT2D eigenvalue weighted by atomic mass is 10.0. The first-order valence-corrected chi connectivity index (χ1v) is 26.8. The summed E-state index contributed by atoms with van der Waals surface area (Å²) in [6, 6.07) is 0. The molecule has 0 heterocycles. The summed E-state index contributed by atoms with van der Waals surface area (Å²) < 4.78 is 16.8. The van der Waals surface area contributed by atoms with E-state index in [0.29, 0.717) is 19.3 Å². The summed E-state index contributed by atoms with van der Waals surface area (Å²) in [6.45, 7) is 6.51. The lowest BCUT2D eigenvalue weighted by molar-refractivity contribution is -0.167. The number of ether oxygens (including phenoxy) is 3. The molecule has 0 rings (SSSR count). The highest BCUT2D eigenvalue weighted by Crippen LogP contribution is 2.15. The van der Waals surface area contributed by atoms with E-state index in [-0.39, 0.29) is 31.1 Å². The van der Waals surface area contributed by atoms with Crippen molar-refractivity contribution in [2.24, 2.45) is 0 Å². The van der Waals surface area contributed by atoms with Crippen molar-refractivity contribution >= 4 is 17.9 Å². The van der Waals surface area contributed by atoms with Gasteiger partial charge in [-0.1, -0.05) is 242 Å². The average Bonchev–Trinajstić information content (AvgIpc) is 3.28. The Balaban J connectivity index is 4.34. The summed E-state index contributed by atoms with van der Waals surface area (Å²) in [5, 5.41) is 0. The van der Waals surface area contributed by atoms with Crippen molar-refractivity contribution in [1.29, 1.82) is 0 Å². The second-order valence-corrected chi connectivity index (χ2v) is 17.8. The van der Waals surface area contributed by atoms with Crippen molar-refractivity contribution in [3.8, 4) is 0 Å². The van der Waals surface area contributed by atoms with Gasteiger partial charge in [0.05, 0.1) is 0 Å². The minimum absolute atomic E-state index is 0.0771. The molecule has 6 nitrogen and oxygen atoms in total. The number of hydrogen-bond donors (Lipinski definition) is 0. The van der Waals surface area contributed by atoms with Gasteiger partial charge in [0.15, 0.2) is 6.10 Å². The maximum atomic E-state index is 12.8. The van der Waals surface area contributed by atoms with Gasteiger partial charge in [-0.25, -0.2) is 0 Å². The van der Waals surface area contributed by atoms with Crippen molar-refractivity contribution in [2.45, 2.75) is 271 Å². The molecule has 0 fully saturated rings. The minimum atomic E-state index is -0.777. The lowest BCUT2D eigenvalue weighted by Crippen LogP contribution is -2.30. The Bertz CT molecular complexity index is 1150. The van der Waals surface area contributed by atoms with Crippen LogP contribution in [0.5, 0.6) is 0 Å². The van der Waals surface area contributed by atoms with Gasteiger partial charge in [-0.05, 0) is 64.2 Å². The Morgan fingerprint density at radius 2 is 0.619 bits per heavy atom. The lowest BCUT2D eigenvalue weighted by Gasteiger charge is -2.18. The predicted molar refractivity (Wildman–Crippen MR) is 270 cm³/mol. The van der Waals surface area contributed by atoms with Crippen LogP contribution in [0.4, 0.5) is 0 Å². The van der Waals surface area contributed by atoms with Gasteiger partial charge in [-0.2, -0.15) is 0 Å². The molecule has 0 spiro atoms. The van der Waals surface area contributed by atoms with Gasteiger partial charge < -0.3 is 14.2 Å². The van der Waals surface area contributed by atoms with Crippen molar-refractivity contribution < 1.29 is 28.6 Å². The number of unbranched alkanes of at least 4 members (excludes halogenated alkanes) is 27. The van der Waals surface area contributed by atoms with Crippen LogP contribution < -0.4 is 0 Å². The fraction of sp³-hybridized carbons (Fsp3) is 0.772. The highest BCUT2D eigenvalue weighted by Gasteiger charge is 2.19. The summed E-state index contributed by atoms with van der Waals surface area (Å²) in [5.74, 6) is -0.890. The Hall–Kier alpha value is -2.89. The van der Waals surface area contributed by atoms with Crippen LogP contribution in [0.1, 0.15) is 265 Å². The third kappa shape index (κ3) is 50.0. The van der Waals surface area contributed by atoms with E-state index in [2.05, 4.69) is 81.5 Å². The van der Waals surface area contributed by atoms with Crippen LogP contribution in [0.15, 0.2) is 60.8 Å². The van der Waals surface area contributed by atoms with E-state index in [1.807, 2.05) is 0 Å². The molecule has 0 aliphatic heterocycles. The average molecular weight is 881 g/mol. The van der Waals surface area contributed by atoms with Crippen molar-refractivity contribution in [1.82, 2.24) is 0 Å². The fourth-order valence-electron chi connectivity index (χ4n) is 7.53. The molecule has 0 aromatic carbocycles. The molecule has 0 aliphatic rings. The number of rotatable bonds is 48. The van der Waals surface area contributed by atoms with Gasteiger partial charge in [-0.15, -0.1) is 0 Å². The molecule has 0 amide bonds. The van der Waals surface area contributed by atoms with Crippen LogP contribution in [0.2, 0.25) is 0 Å². The topological polar surface area (TPSA) is 78.9 Å². The first-order chi connectivity index (χ1) is 31.0. The van der Waals surface area contributed by atoms with E-state index in [9.17, 15) is 14.4 Å². The second kappa shape index (κ2) is 51.7. The molecule has 1 unspecified atom stereocenters. The van der Waals surface area contributed by atoms with Gasteiger partial charge in [0.1, 0.15) is 13.2 Å². The van der Waals surface area contributed by atoms with Crippen molar-refractivity contribution in [2.75, 3.05) is 13.2 Å². The predicted octanol–water partition coefficient (Wildman–Crippen LogP) is 17.6. The van der Waals surface area contributed by atoms with Gasteiger partial charge in [0.25, 0.3) is 0 Å². The van der Waals surface area contributed by atoms with E-state index in [1.54, 1.807) is 0 Å². The SMILES string of the molecule is CC/C=C\C/C=C\C/C=C\C/C=C\C/C=C\CCCCCCCC(=O)OCC(COC(=O)CCCCCCCCCCCC)OC(=O)CCCCCCCCCCCCCCCC. The number of carbonyl (C=O) groups excluding carboxylic acids is 3. The minimum Gasteiger partial charge on any atom is -0.462 e. The van der Waals surface area contributed by atoms with Crippen LogP contribution in [-0.4, -0.2) is 37.2 Å². The smallest absolute Gasteiger partial charge is 0.306 e. The molecule has 364 valence electrons. The maximum Gasteiger partial charge on any atom is 0.306 e. The fourth-order valence-corrected chi connectivity index (χ4v) is 7.53. The van der Waals surface area contributed by atoms with Gasteiger partial charge in [0.2, 0.25) is 0 Å². The van der Waals surface area contributed by atoms with E-state index in [4.69, 9.17) is 14.2 Å². The molecular weight excluding hydrogens is 781 g/mol. The Morgan fingerprint density at radius 3 is 0.968 bits per heavy atom. The van der Waals surface area contributed by atoms with Crippen LogP contribution in [-0.2, 0) is 28.6 Å². The van der Waals surface area contributed by atoms with Crippen LogP contribution in [0, 0.1) is 0 Å². The van der Waals surface area contributed by atoms with E-state index in [1.165, 1.54) is 116 Å². The molecule has 1 atom stereocenters. The molecule has 63 heavy (non-hydrogen) atoms.